The van der Waals surface area contributed by atoms with Crippen LogP contribution in [0.5, 0.6) is 0 Å². The van der Waals surface area contributed by atoms with Crippen LogP contribution in [0, 0.1) is 0 Å². The van der Waals surface area contributed by atoms with Crippen LogP contribution in [-0.2, 0) is 12.4 Å². The molecular formula is C16H8F6N2O2. The minimum atomic E-state index is -5.00. The number of alkyl halides is 6. The normalized spacial score (nSPS) is 12.4. The lowest BCUT2D eigenvalue weighted by Crippen LogP contribution is -2.15. The summed E-state index contributed by atoms with van der Waals surface area (Å²) in [5, 5.41) is 2.04. The van der Waals surface area contributed by atoms with Crippen molar-refractivity contribution in [2.24, 2.45) is 0 Å². The Labute approximate surface area is 141 Å². The summed E-state index contributed by atoms with van der Waals surface area (Å²) in [7, 11) is 0. The number of nitrogens with one attached hydrogen (secondary N) is 1. The monoisotopic (exact) mass is 374 g/mol. The van der Waals surface area contributed by atoms with Gasteiger partial charge in [0.2, 0.25) is 0 Å². The second-order valence-corrected chi connectivity index (χ2v) is 5.28. The number of carbonyl (C=O) groups is 1. The van der Waals surface area contributed by atoms with Crippen LogP contribution in [0.1, 0.15) is 21.5 Å². The number of hydrogen-bond donors (Lipinski definition) is 1. The first kappa shape index (κ1) is 17.8. The Balaban J connectivity index is 1.96. The van der Waals surface area contributed by atoms with E-state index in [1.54, 1.807) is 0 Å². The zero-order chi connectivity index (χ0) is 19.1. The van der Waals surface area contributed by atoms with Gasteiger partial charge in [0.15, 0.2) is 12.0 Å². The Morgan fingerprint density at radius 3 is 2.12 bits per heavy atom. The van der Waals surface area contributed by atoms with Gasteiger partial charge in [-0.05, 0) is 36.4 Å². The molecule has 0 aliphatic carbocycles. The second-order valence-electron chi connectivity index (χ2n) is 5.28. The average molecular weight is 374 g/mol. The molecule has 1 N–H and O–H groups in total. The van der Waals surface area contributed by atoms with Crippen LogP contribution in [0.25, 0.3) is 11.1 Å². The molecule has 1 amide bonds. The third-order valence-electron chi connectivity index (χ3n) is 3.44. The van der Waals surface area contributed by atoms with E-state index < -0.39 is 35.1 Å². The summed E-state index contributed by atoms with van der Waals surface area (Å²) in [5.74, 6) is -0.887. The number of rotatable bonds is 2. The molecule has 0 radical (unpaired) electrons. The SMILES string of the molecule is O=C(Nc1cc(C(F)(F)F)cc(C(F)(F)F)c1)c1ccc2ocnc2c1. The third kappa shape index (κ3) is 3.63. The maximum absolute atomic E-state index is 12.8. The van der Waals surface area contributed by atoms with Crippen molar-refractivity contribution in [2.45, 2.75) is 12.4 Å². The van der Waals surface area contributed by atoms with Crippen LogP contribution < -0.4 is 5.32 Å². The van der Waals surface area contributed by atoms with Crippen molar-refractivity contribution in [1.82, 2.24) is 4.98 Å². The highest BCUT2D eigenvalue weighted by molar-refractivity contribution is 6.05. The summed E-state index contributed by atoms with van der Waals surface area (Å²) in [6.45, 7) is 0. The first-order valence-corrected chi connectivity index (χ1v) is 6.98. The molecule has 1 aromatic heterocycles. The Kier molecular flexibility index (Phi) is 4.13. The number of carbonyl (C=O) groups excluding carboxylic acids is 1. The minimum absolute atomic E-state index is 0.00243. The van der Waals surface area contributed by atoms with E-state index in [0.717, 1.165) is 6.39 Å². The molecule has 0 bridgehead atoms. The van der Waals surface area contributed by atoms with Gasteiger partial charge >= 0.3 is 12.4 Å². The van der Waals surface area contributed by atoms with E-state index in [4.69, 9.17) is 4.42 Å². The number of benzene rings is 2. The number of amides is 1. The molecule has 3 rings (SSSR count). The van der Waals surface area contributed by atoms with E-state index in [0.29, 0.717) is 23.2 Å². The zero-order valence-electron chi connectivity index (χ0n) is 12.6. The van der Waals surface area contributed by atoms with Gasteiger partial charge in [0.1, 0.15) is 5.52 Å². The number of halogens is 6. The van der Waals surface area contributed by atoms with Crippen molar-refractivity contribution < 1.29 is 35.6 Å². The van der Waals surface area contributed by atoms with Gasteiger partial charge in [0.25, 0.3) is 5.91 Å². The number of oxazole rings is 1. The van der Waals surface area contributed by atoms with Crippen molar-refractivity contribution >= 4 is 22.7 Å². The van der Waals surface area contributed by atoms with Crippen molar-refractivity contribution in [3.63, 3.8) is 0 Å². The first-order valence-electron chi connectivity index (χ1n) is 6.98. The molecule has 2 aromatic carbocycles. The van der Waals surface area contributed by atoms with Crippen LogP contribution in [0.3, 0.4) is 0 Å². The molecule has 10 heteroatoms. The smallest absolute Gasteiger partial charge is 0.416 e. The van der Waals surface area contributed by atoms with Gasteiger partial charge in [-0.2, -0.15) is 26.3 Å². The van der Waals surface area contributed by atoms with E-state index in [9.17, 15) is 31.1 Å². The fourth-order valence-corrected chi connectivity index (χ4v) is 2.23. The summed E-state index contributed by atoms with van der Waals surface area (Å²) >= 11 is 0. The van der Waals surface area contributed by atoms with Crippen LogP contribution in [-0.4, -0.2) is 10.9 Å². The van der Waals surface area contributed by atoms with Gasteiger partial charge in [0, 0.05) is 11.3 Å². The van der Waals surface area contributed by atoms with E-state index in [-0.39, 0.29) is 11.6 Å². The van der Waals surface area contributed by atoms with Gasteiger partial charge in [-0.25, -0.2) is 4.98 Å². The molecule has 1 heterocycles. The van der Waals surface area contributed by atoms with E-state index in [1.165, 1.54) is 18.2 Å². The fourth-order valence-electron chi connectivity index (χ4n) is 2.23. The molecule has 4 nitrogen and oxygen atoms in total. The van der Waals surface area contributed by atoms with Gasteiger partial charge < -0.3 is 9.73 Å². The van der Waals surface area contributed by atoms with Crippen molar-refractivity contribution in [1.29, 1.82) is 0 Å². The molecule has 0 saturated heterocycles. The summed E-state index contributed by atoms with van der Waals surface area (Å²) in [6.07, 6.45) is -8.87. The predicted molar refractivity (Wildman–Crippen MR) is 78.4 cm³/mol. The zero-order valence-corrected chi connectivity index (χ0v) is 12.6. The summed E-state index contributed by atoms with van der Waals surface area (Å²) in [6, 6.07) is 4.86. The number of hydrogen-bond acceptors (Lipinski definition) is 3. The Bertz CT molecular complexity index is 943. The topological polar surface area (TPSA) is 55.1 Å². The molecule has 0 fully saturated rings. The van der Waals surface area contributed by atoms with Crippen molar-refractivity contribution in [3.8, 4) is 0 Å². The predicted octanol–water partition coefficient (Wildman–Crippen LogP) is 5.12. The number of nitrogens with zero attached hydrogens (tertiary/aromatic N) is 1. The lowest BCUT2D eigenvalue weighted by molar-refractivity contribution is -0.143. The molecule has 0 spiro atoms. The summed E-state index contributed by atoms with van der Waals surface area (Å²) in [4.78, 5) is 16.0. The first-order chi connectivity index (χ1) is 12.0. The fraction of sp³-hybridized carbons (Fsp3) is 0.125. The molecule has 3 aromatic rings. The highest BCUT2D eigenvalue weighted by Crippen LogP contribution is 2.37. The number of fused-ring (bicyclic) bond motifs is 1. The molecule has 136 valence electrons. The Hall–Kier alpha value is -3.04. The largest absolute Gasteiger partial charge is 0.443 e. The van der Waals surface area contributed by atoms with Gasteiger partial charge in [0.05, 0.1) is 11.1 Å². The molecular weight excluding hydrogens is 366 g/mol. The third-order valence-corrected chi connectivity index (χ3v) is 3.44. The maximum atomic E-state index is 12.8. The van der Waals surface area contributed by atoms with E-state index >= 15 is 0 Å². The molecule has 0 saturated carbocycles. The highest BCUT2D eigenvalue weighted by atomic mass is 19.4. The molecule has 0 aliphatic heterocycles. The highest BCUT2D eigenvalue weighted by Gasteiger charge is 2.37. The van der Waals surface area contributed by atoms with Crippen LogP contribution >= 0.6 is 0 Å². The lowest BCUT2D eigenvalue weighted by atomic mass is 10.1. The second kappa shape index (κ2) is 6.04. The number of aromatic nitrogens is 1. The maximum Gasteiger partial charge on any atom is 0.416 e. The minimum Gasteiger partial charge on any atom is -0.443 e. The molecule has 0 unspecified atom stereocenters. The summed E-state index contributed by atoms with van der Waals surface area (Å²) in [5.41, 5.74) is -2.98. The van der Waals surface area contributed by atoms with E-state index in [1.807, 2.05) is 5.32 Å². The van der Waals surface area contributed by atoms with Crippen LogP contribution in [0.15, 0.2) is 47.2 Å². The molecule has 26 heavy (non-hydrogen) atoms. The average Bonchev–Trinajstić information content (AvgIpc) is 3.00. The summed E-state index contributed by atoms with van der Waals surface area (Å²) < 4.78 is 82.0. The standard InChI is InChI=1S/C16H8F6N2O2/c17-15(18,19)9-4-10(16(20,21)22)6-11(5-9)24-14(25)8-1-2-13-12(3-8)23-7-26-13/h1-7H,(H,24,25). The van der Waals surface area contributed by atoms with Crippen LogP contribution in [0.2, 0.25) is 0 Å². The van der Waals surface area contributed by atoms with Crippen molar-refractivity contribution in [2.75, 3.05) is 5.32 Å². The van der Waals surface area contributed by atoms with Crippen LogP contribution in [0.4, 0.5) is 32.0 Å². The Morgan fingerprint density at radius 2 is 1.54 bits per heavy atom. The van der Waals surface area contributed by atoms with E-state index in [2.05, 4.69) is 4.98 Å². The quantitative estimate of drug-likeness (QED) is 0.634. The van der Waals surface area contributed by atoms with Gasteiger partial charge in [-0.1, -0.05) is 0 Å². The molecule has 0 aliphatic rings. The van der Waals surface area contributed by atoms with Crippen molar-refractivity contribution in [3.05, 3.63) is 59.5 Å². The molecule has 0 atom stereocenters. The lowest BCUT2D eigenvalue weighted by Gasteiger charge is -2.14. The van der Waals surface area contributed by atoms with Gasteiger partial charge in [-0.3, -0.25) is 4.79 Å². The Morgan fingerprint density at radius 1 is 0.923 bits per heavy atom. The van der Waals surface area contributed by atoms with Gasteiger partial charge in [-0.15, -0.1) is 0 Å². The number of anilines is 1.